The van der Waals surface area contributed by atoms with Gasteiger partial charge in [-0.2, -0.15) is 0 Å². The molecule has 0 aliphatic rings. The Labute approximate surface area is 362 Å². The number of amides is 1. The molecule has 0 saturated heterocycles. The maximum absolute atomic E-state index is 13.1. The molecule has 0 rings (SSSR count). The van der Waals surface area contributed by atoms with Gasteiger partial charge in [0.25, 0.3) is 0 Å². The molecule has 0 aliphatic heterocycles. The lowest BCUT2D eigenvalue weighted by atomic mass is 10.0. The molecule has 0 aromatic carbocycles. The number of esters is 1. The van der Waals surface area contributed by atoms with Gasteiger partial charge in [-0.05, 0) is 64.2 Å². The van der Waals surface area contributed by atoms with E-state index in [0.717, 1.165) is 83.5 Å². The van der Waals surface area contributed by atoms with Gasteiger partial charge in [-0.25, -0.2) is 0 Å². The summed E-state index contributed by atoms with van der Waals surface area (Å²) in [5, 5.41) is 23.6. The molecule has 0 fully saturated rings. The van der Waals surface area contributed by atoms with Crippen LogP contribution in [0.4, 0.5) is 0 Å². The van der Waals surface area contributed by atoms with Crippen molar-refractivity contribution in [1.82, 2.24) is 5.32 Å². The van der Waals surface area contributed by atoms with E-state index in [1.807, 2.05) is 48.6 Å². The zero-order chi connectivity index (χ0) is 43.1. The van der Waals surface area contributed by atoms with Gasteiger partial charge in [0.1, 0.15) is 6.10 Å². The lowest BCUT2D eigenvalue weighted by Gasteiger charge is -2.24. The maximum atomic E-state index is 13.1. The van der Waals surface area contributed by atoms with Crippen molar-refractivity contribution in [1.29, 1.82) is 0 Å². The third kappa shape index (κ3) is 41.1. The van der Waals surface area contributed by atoms with Crippen molar-refractivity contribution >= 4 is 11.9 Å². The Hall–Kier alpha value is -3.48. The average Bonchev–Trinajstić information content (AvgIpc) is 3.23. The fourth-order valence-electron chi connectivity index (χ4n) is 6.40. The molecule has 59 heavy (non-hydrogen) atoms. The number of carbonyl (C=O) groups is 2. The zero-order valence-corrected chi connectivity index (χ0v) is 37.8. The summed E-state index contributed by atoms with van der Waals surface area (Å²) in [5.41, 5.74) is 0. The van der Waals surface area contributed by atoms with Crippen molar-refractivity contribution < 1.29 is 24.5 Å². The second kappa shape index (κ2) is 45.6. The summed E-state index contributed by atoms with van der Waals surface area (Å²) in [7, 11) is 0. The molecule has 0 bridgehead atoms. The molecule has 334 valence electrons. The second-order valence-electron chi connectivity index (χ2n) is 15.5. The highest BCUT2D eigenvalue weighted by Crippen LogP contribution is 2.15. The van der Waals surface area contributed by atoms with Crippen LogP contribution in [0.25, 0.3) is 0 Å². The summed E-state index contributed by atoms with van der Waals surface area (Å²) < 4.78 is 5.83. The molecule has 3 unspecified atom stereocenters. The molecule has 3 atom stereocenters. The number of unbranched alkanes of at least 4 members (excludes halogenated alkanes) is 14. The molecule has 0 aromatic rings. The van der Waals surface area contributed by atoms with Crippen LogP contribution in [0, 0.1) is 0 Å². The van der Waals surface area contributed by atoms with Gasteiger partial charge < -0.3 is 20.3 Å². The monoisotopic (exact) mass is 818 g/mol. The van der Waals surface area contributed by atoms with Gasteiger partial charge in [0.15, 0.2) is 0 Å². The van der Waals surface area contributed by atoms with E-state index in [4.69, 9.17) is 4.74 Å². The van der Waals surface area contributed by atoms with Crippen molar-refractivity contribution in [3.05, 3.63) is 109 Å². The molecular formula is C53H87NO5. The van der Waals surface area contributed by atoms with Gasteiger partial charge in [0.05, 0.1) is 25.2 Å². The smallest absolute Gasteiger partial charge is 0.306 e. The molecule has 0 saturated carbocycles. The topological polar surface area (TPSA) is 95.9 Å². The molecular weight excluding hydrogens is 731 g/mol. The first-order valence-electron chi connectivity index (χ1n) is 23.7. The lowest BCUT2D eigenvalue weighted by Crippen LogP contribution is -2.46. The van der Waals surface area contributed by atoms with Crippen molar-refractivity contribution in [3.63, 3.8) is 0 Å². The van der Waals surface area contributed by atoms with Crippen molar-refractivity contribution in [3.8, 4) is 0 Å². The Balaban J connectivity index is 4.84. The first-order valence-corrected chi connectivity index (χ1v) is 23.7. The molecule has 0 heterocycles. The molecule has 0 spiro atoms. The molecule has 0 radical (unpaired) electrons. The minimum atomic E-state index is -0.824. The number of aliphatic hydroxyl groups is 2. The zero-order valence-electron chi connectivity index (χ0n) is 37.8. The highest BCUT2D eigenvalue weighted by Gasteiger charge is 2.23. The molecule has 3 N–H and O–H groups in total. The van der Waals surface area contributed by atoms with E-state index in [1.54, 1.807) is 0 Å². The van der Waals surface area contributed by atoms with Crippen LogP contribution in [-0.4, -0.2) is 46.9 Å². The Morgan fingerprint density at radius 1 is 0.542 bits per heavy atom. The first kappa shape index (κ1) is 55.5. The van der Waals surface area contributed by atoms with Crippen LogP contribution in [0.2, 0.25) is 0 Å². The van der Waals surface area contributed by atoms with E-state index in [-0.39, 0.29) is 24.9 Å². The van der Waals surface area contributed by atoms with Gasteiger partial charge in [0.2, 0.25) is 5.91 Å². The van der Waals surface area contributed by atoms with E-state index in [2.05, 4.69) is 86.8 Å². The van der Waals surface area contributed by atoms with E-state index in [9.17, 15) is 19.8 Å². The number of nitrogens with one attached hydrogen (secondary N) is 1. The largest absolute Gasteiger partial charge is 0.461 e. The summed E-state index contributed by atoms with van der Waals surface area (Å²) in [5.74, 6) is -0.639. The number of allylic oxidation sites excluding steroid dienone is 17. The van der Waals surface area contributed by atoms with E-state index in [1.165, 1.54) is 57.8 Å². The Kier molecular flexibility index (Phi) is 42.9. The van der Waals surface area contributed by atoms with Crippen LogP contribution < -0.4 is 5.32 Å². The third-order valence-corrected chi connectivity index (χ3v) is 9.94. The molecule has 1 amide bonds. The Morgan fingerprint density at radius 2 is 1.02 bits per heavy atom. The highest BCUT2D eigenvalue weighted by atomic mass is 16.5. The van der Waals surface area contributed by atoms with Crippen molar-refractivity contribution in [2.24, 2.45) is 0 Å². The fraction of sp³-hybridized carbons (Fsp3) is 0.623. The number of ether oxygens (including phenoxy) is 1. The molecule has 6 nitrogen and oxygen atoms in total. The number of rotatable bonds is 40. The second-order valence-corrected chi connectivity index (χ2v) is 15.5. The molecule has 0 aliphatic carbocycles. The SMILES string of the molecule is CC/C=C\C/C=C\C/C=C\C/C=C\C/C=C\CC(CC(=O)NC(CO)C(O)CCCCCCCCCCCCCC)OC(=O)CCCCC\C=C/C=C\C=C\C=C\CC. The summed E-state index contributed by atoms with van der Waals surface area (Å²) >= 11 is 0. The van der Waals surface area contributed by atoms with E-state index < -0.39 is 18.2 Å². The molecule has 6 heteroatoms. The van der Waals surface area contributed by atoms with Crippen LogP contribution in [-0.2, 0) is 14.3 Å². The number of aliphatic hydroxyl groups excluding tert-OH is 2. The predicted octanol–water partition coefficient (Wildman–Crippen LogP) is 13.9. The van der Waals surface area contributed by atoms with E-state index >= 15 is 0 Å². The minimum Gasteiger partial charge on any atom is -0.461 e. The summed E-state index contributed by atoms with van der Waals surface area (Å²) in [4.78, 5) is 26.0. The number of hydrogen-bond acceptors (Lipinski definition) is 5. The van der Waals surface area contributed by atoms with Gasteiger partial charge in [-0.3, -0.25) is 9.59 Å². The van der Waals surface area contributed by atoms with Crippen molar-refractivity contribution in [2.45, 2.75) is 206 Å². The lowest BCUT2D eigenvalue weighted by molar-refractivity contribution is -0.150. The first-order chi connectivity index (χ1) is 29.0. The Morgan fingerprint density at radius 3 is 1.56 bits per heavy atom. The average molecular weight is 818 g/mol. The summed E-state index contributed by atoms with van der Waals surface area (Å²) in [6, 6.07) is -0.746. The summed E-state index contributed by atoms with van der Waals surface area (Å²) in [6.07, 6.45) is 61.6. The van der Waals surface area contributed by atoms with Crippen LogP contribution in [0.5, 0.6) is 0 Å². The van der Waals surface area contributed by atoms with Crippen molar-refractivity contribution in [2.75, 3.05) is 6.61 Å². The van der Waals surface area contributed by atoms with Gasteiger partial charge >= 0.3 is 5.97 Å². The molecule has 0 aromatic heterocycles. The van der Waals surface area contributed by atoms with Crippen LogP contribution >= 0.6 is 0 Å². The standard InChI is InChI=1S/C53H87NO5/c1-4-7-10-13-16-19-22-25-26-28-29-32-35-38-41-44-49(59-53(58)46-43-40-37-34-31-27-23-20-17-14-11-8-5-2)47-52(57)54-50(48-55)51(56)45-42-39-36-33-30-24-21-18-15-12-9-6-3/h7-8,10-11,14,16-17,19-20,23,25-27,29,31-32,38,41,49-51,55-56H,4-6,9,12-13,15,18,21-22,24,28,30,33-37,39-40,42-48H2,1-3H3,(H,54,57)/b10-7-,11-8+,17-14+,19-16-,23-20-,26-25-,31-27-,32-29-,41-38-. The van der Waals surface area contributed by atoms with Gasteiger partial charge in [0, 0.05) is 12.8 Å². The highest BCUT2D eigenvalue weighted by molar-refractivity contribution is 5.77. The van der Waals surface area contributed by atoms with E-state index in [0.29, 0.717) is 19.3 Å². The third-order valence-electron chi connectivity index (χ3n) is 9.94. The number of hydrogen-bond donors (Lipinski definition) is 3. The normalized spacial score (nSPS) is 14.3. The Bertz CT molecular complexity index is 1240. The van der Waals surface area contributed by atoms with Crippen LogP contribution in [0.1, 0.15) is 188 Å². The maximum Gasteiger partial charge on any atom is 0.306 e. The fourth-order valence-corrected chi connectivity index (χ4v) is 6.40. The van der Waals surface area contributed by atoms with Crippen LogP contribution in [0.3, 0.4) is 0 Å². The predicted molar refractivity (Wildman–Crippen MR) is 254 cm³/mol. The van der Waals surface area contributed by atoms with Gasteiger partial charge in [-0.1, -0.05) is 214 Å². The van der Waals surface area contributed by atoms with Gasteiger partial charge in [-0.15, -0.1) is 0 Å². The quantitative estimate of drug-likeness (QED) is 0.0248. The number of carbonyl (C=O) groups excluding carboxylic acids is 2. The van der Waals surface area contributed by atoms with Crippen LogP contribution in [0.15, 0.2) is 109 Å². The minimum absolute atomic E-state index is 0.0235. The summed E-state index contributed by atoms with van der Waals surface area (Å²) in [6.45, 7) is 6.16.